The summed E-state index contributed by atoms with van der Waals surface area (Å²) in [6.07, 6.45) is 1.80. The average molecular weight is 291 g/mol. The Balaban J connectivity index is 2.57. The maximum absolute atomic E-state index is 4.58. The Bertz CT molecular complexity index is 426. The first-order chi connectivity index (χ1) is 9.93. The Hall–Kier alpha value is -1.62. The molecule has 21 heavy (non-hydrogen) atoms. The molecular formula is C16H29N5. The van der Waals surface area contributed by atoms with Gasteiger partial charge in [0.2, 0.25) is 0 Å². The minimum atomic E-state index is 0.185. The van der Waals surface area contributed by atoms with E-state index in [1.54, 1.807) is 6.20 Å². The average Bonchev–Trinajstić information content (AvgIpc) is 2.42. The van der Waals surface area contributed by atoms with Gasteiger partial charge in [0.05, 0.1) is 12.2 Å². The molecule has 118 valence electrons. The van der Waals surface area contributed by atoms with Crippen LogP contribution in [0.5, 0.6) is 0 Å². The SMILES string of the molecule is CCNC(=NCc1ccccn1)NCC(C)(C)CN(C)C. The maximum Gasteiger partial charge on any atom is 0.191 e. The van der Waals surface area contributed by atoms with Crippen LogP contribution < -0.4 is 10.6 Å². The molecule has 5 heteroatoms. The van der Waals surface area contributed by atoms with Gasteiger partial charge in [-0.05, 0) is 38.6 Å². The topological polar surface area (TPSA) is 52.6 Å². The number of guanidine groups is 1. The van der Waals surface area contributed by atoms with Crippen LogP contribution in [0.3, 0.4) is 0 Å². The summed E-state index contributed by atoms with van der Waals surface area (Å²) in [6.45, 7) is 9.92. The molecule has 1 aromatic heterocycles. The Morgan fingerprint density at radius 2 is 2.05 bits per heavy atom. The van der Waals surface area contributed by atoms with E-state index >= 15 is 0 Å². The fraction of sp³-hybridized carbons (Fsp3) is 0.625. The first-order valence-corrected chi connectivity index (χ1v) is 7.50. The first kappa shape index (κ1) is 17.4. The van der Waals surface area contributed by atoms with E-state index in [2.05, 4.69) is 60.4 Å². The summed E-state index contributed by atoms with van der Waals surface area (Å²) in [7, 11) is 4.20. The Morgan fingerprint density at radius 3 is 2.62 bits per heavy atom. The van der Waals surface area contributed by atoms with Gasteiger partial charge in [0.15, 0.2) is 5.96 Å². The van der Waals surface area contributed by atoms with Crippen LogP contribution in [0.15, 0.2) is 29.4 Å². The van der Waals surface area contributed by atoms with Crippen molar-refractivity contribution in [1.29, 1.82) is 0 Å². The fourth-order valence-electron chi connectivity index (χ4n) is 2.23. The summed E-state index contributed by atoms with van der Waals surface area (Å²) in [4.78, 5) is 11.1. The molecule has 0 aliphatic rings. The largest absolute Gasteiger partial charge is 0.357 e. The van der Waals surface area contributed by atoms with Crippen molar-refractivity contribution in [2.24, 2.45) is 10.4 Å². The highest BCUT2D eigenvalue weighted by Gasteiger charge is 2.19. The maximum atomic E-state index is 4.58. The number of aromatic nitrogens is 1. The van der Waals surface area contributed by atoms with Crippen molar-refractivity contribution in [3.05, 3.63) is 30.1 Å². The fourth-order valence-corrected chi connectivity index (χ4v) is 2.23. The lowest BCUT2D eigenvalue weighted by atomic mass is 9.93. The molecule has 0 fully saturated rings. The highest BCUT2D eigenvalue weighted by atomic mass is 15.2. The third kappa shape index (κ3) is 7.66. The lowest BCUT2D eigenvalue weighted by Crippen LogP contribution is -2.44. The molecular weight excluding hydrogens is 262 g/mol. The number of nitrogens with one attached hydrogen (secondary N) is 2. The number of hydrogen-bond donors (Lipinski definition) is 2. The summed E-state index contributed by atoms with van der Waals surface area (Å²) >= 11 is 0. The zero-order valence-electron chi connectivity index (χ0n) is 14.0. The van der Waals surface area contributed by atoms with E-state index in [0.29, 0.717) is 6.54 Å². The molecule has 0 spiro atoms. The molecule has 0 aromatic carbocycles. The lowest BCUT2D eigenvalue weighted by molar-refractivity contribution is 0.241. The molecule has 2 N–H and O–H groups in total. The number of pyridine rings is 1. The van der Waals surface area contributed by atoms with Crippen molar-refractivity contribution in [1.82, 2.24) is 20.5 Å². The van der Waals surface area contributed by atoms with Crippen molar-refractivity contribution >= 4 is 5.96 Å². The minimum Gasteiger partial charge on any atom is -0.357 e. The first-order valence-electron chi connectivity index (χ1n) is 7.50. The molecule has 0 saturated carbocycles. The molecule has 0 radical (unpaired) electrons. The molecule has 1 heterocycles. The predicted octanol–water partition coefficient (Wildman–Crippen LogP) is 1.72. The van der Waals surface area contributed by atoms with E-state index in [1.165, 1.54) is 0 Å². The highest BCUT2D eigenvalue weighted by Crippen LogP contribution is 2.13. The van der Waals surface area contributed by atoms with Crippen LogP contribution in [0, 0.1) is 5.41 Å². The molecule has 0 atom stereocenters. The van der Waals surface area contributed by atoms with E-state index in [-0.39, 0.29) is 5.41 Å². The normalized spacial score (nSPS) is 12.6. The van der Waals surface area contributed by atoms with Gasteiger partial charge in [-0.15, -0.1) is 0 Å². The smallest absolute Gasteiger partial charge is 0.191 e. The van der Waals surface area contributed by atoms with E-state index in [0.717, 1.165) is 31.3 Å². The molecule has 0 amide bonds. The molecule has 0 aliphatic carbocycles. The van der Waals surface area contributed by atoms with Crippen molar-refractivity contribution in [2.45, 2.75) is 27.3 Å². The molecule has 0 saturated heterocycles. The summed E-state index contributed by atoms with van der Waals surface area (Å²) in [5.41, 5.74) is 1.16. The van der Waals surface area contributed by atoms with Crippen molar-refractivity contribution in [2.75, 3.05) is 33.7 Å². The van der Waals surface area contributed by atoms with Gasteiger partial charge in [-0.3, -0.25) is 4.98 Å². The van der Waals surface area contributed by atoms with Gasteiger partial charge in [0, 0.05) is 25.8 Å². The Kier molecular flexibility index (Phi) is 7.15. The van der Waals surface area contributed by atoms with Crippen molar-refractivity contribution in [3.63, 3.8) is 0 Å². The number of aliphatic imine (C=N–C) groups is 1. The van der Waals surface area contributed by atoms with Crippen LogP contribution in [0.1, 0.15) is 26.5 Å². The third-order valence-corrected chi connectivity index (χ3v) is 2.95. The number of nitrogens with zero attached hydrogens (tertiary/aromatic N) is 3. The van der Waals surface area contributed by atoms with Crippen LogP contribution in [-0.2, 0) is 6.54 Å². The highest BCUT2D eigenvalue weighted by molar-refractivity contribution is 5.79. The Labute approximate surface area is 128 Å². The molecule has 0 aliphatic heterocycles. The second-order valence-corrected chi connectivity index (χ2v) is 6.27. The number of rotatable bonds is 7. The van der Waals surface area contributed by atoms with Crippen LogP contribution in [-0.4, -0.2) is 49.6 Å². The summed E-state index contributed by atoms with van der Waals surface area (Å²) in [5, 5.41) is 6.70. The predicted molar refractivity (Wildman–Crippen MR) is 89.4 cm³/mol. The third-order valence-electron chi connectivity index (χ3n) is 2.95. The van der Waals surface area contributed by atoms with E-state index in [1.807, 2.05) is 18.2 Å². The summed E-state index contributed by atoms with van der Waals surface area (Å²) < 4.78 is 0. The van der Waals surface area contributed by atoms with Crippen LogP contribution >= 0.6 is 0 Å². The van der Waals surface area contributed by atoms with Crippen LogP contribution in [0.2, 0.25) is 0 Å². The summed E-state index contributed by atoms with van der Waals surface area (Å²) in [5.74, 6) is 0.843. The van der Waals surface area contributed by atoms with Gasteiger partial charge in [-0.2, -0.15) is 0 Å². The molecule has 0 bridgehead atoms. The molecule has 5 nitrogen and oxygen atoms in total. The summed E-state index contributed by atoms with van der Waals surface area (Å²) in [6, 6.07) is 5.89. The minimum absolute atomic E-state index is 0.185. The number of hydrogen-bond acceptors (Lipinski definition) is 3. The molecule has 1 rings (SSSR count). The van der Waals surface area contributed by atoms with Gasteiger partial charge in [0.25, 0.3) is 0 Å². The van der Waals surface area contributed by atoms with Gasteiger partial charge >= 0.3 is 0 Å². The Morgan fingerprint density at radius 1 is 1.29 bits per heavy atom. The zero-order valence-corrected chi connectivity index (χ0v) is 14.0. The van der Waals surface area contributed by atoms with Crippen molar-refractivity contribution < 1.29 is 0 Å². The van der Waals surface area contributed by atoms with E-state index in [4.69, 9.17) is 0 Å². The van der Waals surface area contributed by atoms with Gasteiger partial charge in [-0.25, -0.2) is 4.99 Å². The second-order valence-electron chi connectivity index (χ2n) is 6.27. The molecule has 0 unspecified atom stereocenters. The van der Waals surface area contributed by atoms with Gasteiger partial charge < -0.3 is 15.5 Å². The lowest BCUT2D eigenvalue weighted by Gasteiger charge is -2.29. The quantitative estimate of drug-likeness (QED) is 0.593. The van der Waals surface area contributed by atoms with Crippen LogP contribution in [0.4, 0.5) is 0 Å². The zero-order chi connectivity index (χ0) is 15.7. The monoisotopic (exact) mass is 291 g/mol. The molecule has 1 aromatic rings. The van der Waals surface area contributed by atoms with Crippen LogP contribution in [0.25, 0.3) is 0 Å². The van der Waals surface area contributed by atoms with Gasteiger partial charge in [0.1, 0.15) is 0 Å². The van der Waals surface area contributed by atoms with E-state index < -0.39 is 0 Å². The van der Waals surface area contributed by atoms with E-state index in [9.17, 15) is 0 Å². The van der Waals surface area contributed by atoms with Crippen molar-refractivity contribution in [3.8, 4) is 0 Å². The van der Waals surface area contributed by atoms with Gasteiger partial charge in [-0.1, -0.05) is 19.9 Å². The second kappa shape index (κ2) is 8.62. The standard InChI is InChI=1S/C16H29N5/c1-6-17-15(19-11-14-9-7-8-10-18-14)20-12-16(2,3)13-21(4)5/h7-10H,6,11-13H2,1-5H3,(H2,17,19,20).